The summed E-state index contributed by atoms with van der Waals surface area (Å²) in [4.78, 5) is 26.9. The van der Waals surface area contributed by atoms with E-state index in [4.69, 9.17) is 4.74 Å². The van der Waals surface area contributed by atoms with Crippen molar-refractivity contribution in [2.75, 3.05) is 0 Å². The van der Waals surface area contributed by atoms with E-state index in [-0.39, 0.29) is 5.78 Å². The van der Waals surface area contributed by atoms with Crippen LogP contribution in [0, 0.1) is 11.3 Å². The number of rotatable bonds is 7. The summed E-state index contributed by atoms with van der Waals surface area (Å²) in [6, 6.07) is 23.7. The van der Waals surface area contributed by atoms with Crippen LogP contribution in [0.5, 0.6) is 0 Å². The second-order valence-electron chi connectivity index (χ2n) is 6.67. The van der Waals surface area contributed by atoms with E-state index in [1.165, 1.54) is 11.8 Å². The fraction of sp³-hybridized carbons (Fsp3) is 0.160. The molecule has 1 unspecified atom stereocenters. The maximum absolute atomic E-state index is 12.8. The molecule has 0 radical (unpaired) electrons. The minimum absolute atomic E-state index is 0.244. The van der Waals surface area contributed by atoms with Crippen molar-refractivity contribution in [3.05, 3.63) is 95.1 Å². The fourth-order valence-electron chi connectivity index (χ4n) is 2.91. The molecule has 30 heavy (non-hydrogen) atoms. The van der Waals surface area contributed by atoms with Crippen LogP contribution < -0.4 is 0 Å². The molecule has 0 N–H and O–H groups in total. The molecule has 3 rings (SSSR count). The molecule has 0 heterocycles. The minimum atomic E-state index is -0.908. The van der Waals surface area contributed by atoms with Gasteiger partial charge in [0.2, 0.25) is 5.78 Å². The number of hydrogen-bond acceptors (Lipinski definition) is 5. The molecule has 0 fully saturated rings. The van der Waals surface area contributed by atoms with Crippen molar-refractivity contribution in [1.82, 2.24) is 0 Å². The van der Waals surface area contributed by atoms with Crippen LogP contribution in [-0.2, 0) is 11.2 Å². The molecule has 0 saturated carbocycles. The molecule has 1 atom stereocenters. The van der Waals surface area contributed by atoms with Gasteiger partial charge in [-0.05, 0) is 43.2 Å². The van der Waals surface area contributed by atoms with Crippen LogP contribution in [0.3, 0.4) is 0 Å². The molecule has 0 aliphatic carbocycles. The molecule has 150 valence electrons. The van der Waals surface area contributed by atoms with Crippen molar-refractivity contribution in [3.8, 4) is 6.07 Å². The van der Waals surface area contributed by atoms with Crippen LogP contribution in [0.2, 0.25) is 0 Å². The van der Waals surface area contributed by atoms with Gasteiger partial charge < -0.3 is 4.74 Å². The Kier molecular flexibility index (Phi) is 7.05. The molecule has 0 bridgehead atoms. The van der Waals surface area contributed by atoms with Gasteiger partial charge in [-0.2, -0.15) is 5.26 Å². The van der Waals surface area contributed by atoms with Crippen LogP contribution in [0.25, 0.3) is 0 Å². The summed E-state index contributed by atoms with van der Waals surface area (Å²) in [5.41, 5.74) is 2.54. The van der Waals surface area contributed by atoms with E-state index in [1.54, 1.807) is 49.4 Å². The highest BCUT2D eigenvalue weighted by Gasteiger charge is 2.22. The average Bonchev–Trinajstić information content (AvgIpc) is 2.79. The van der Waals surface area contributed by atoms with E-state index in [2.05, 4.69) is 6.07 Å². The number of hydrogen-bond donors (Lipinski definition) is 0. The molecule has 0 saturated heterocycles. The molecular formula is C25H21NO3S. The van der Waals surface area contributed by atoms with Crippen molar-refractivity contribution >= 4 is 23.5 Å². The summed E-state index contributed by atoms with van der Waals surface area (Å²) in [5, 5.41) is 9.30. The van der Waals surface area contributed by atoms with Gasteiger partial charge in [-0.3, -0.25) is 4.79 Å². The van der Waals surface area contributed by atoms with Crippen molar-refractivity contribution in [1.29, 1.82) is 5.26 Å². The van der Waals surface area contributed by atoms with Gasteiger partial charge in [-0.1, -0.05) is 67.2 Å². The lowest BCUT2D eigenvalue weighted by atomic mass is 10.0. The monoisotopic (exact) mass is 415 g/mol. The number of carbonyl (C=O) groups is 2. The molecule has 0 amide bonds. The Morgan fingerprint density at radius 1 is 0.967 bits per heavy atom. The first-order valence-electron chi connectivity index (χ1n) is 9.63. The van der Waals surface area contributed by atoms with Gasteiger partial charge >= 0.3 is 5.97 Å². The zero-order valence-corrected chi connectivity index (χ0v) is 17.6. The standard InChI is InChI=1S/C25H21NO3S/c1-3-18-12-14-19(15-13-18)24(27)17(2)29-25(28)21-9-5-7-11-23(21)30-22-10-6-4-8-20(22)16-26/h4-15,17H,3H2,1-2H3. The van der Waals surface area contributed by atoms with Crippen LogP contribution in [-0.4, -0.2) is 17.9 Å². The number of carbonyl (C=O) groups excluding carboxylic acids is 2. The predicted octanol–water partition coefficient (Wildman–Crippen LogP) is 5.70. The number of nitrogens with zero attached hydrogens (tertiary/aromatic N) is 1. The zero-order chi connectivity index (χ0) is 21.5. The molecule has 0 aromatic heterocycles. The maximum atomic E-state index is 12.8. The molecule has 0 spiro atoms. The molecule has 5 heteroatoms. The Bertz CT molecular complexity index is 1100. The number of Topliss-reactive ketones (excluding diaryl/α,β-unsaturated/α-hetero) is 1. The quantitative estimate of drug-likeness (QED) is 0.366. The fourth-order valence-corrected chi connectivity index (χ4v) is 3.92. The third kappa shape index (κ3) is 4.97. The van der Waals surface area contributed by atoms with Crippen LogP contribution >= 0.6 is 11.8 Å². The number of nitriles is 1. The van der Waals surface area contributed by atoms with Crippen LogP contribution in [0.4, 0.5) is 0 Å². The third-order valence-corrected chi connectivity index (χ3v) is 5.79. The van der Waals surface area contributed by atoms with Gasteiger partial charge in [0, 0.05) is 15.4 Å². The smallest absolute Gasteiger partial charge is 0.340 e. The molecule has 3 aromatic rings. The highest BCUT2D eigenvalue weighted by molar-refractivity contribution is 7.99. The molecular weight excluding hydrogens is 394 g/mol. The Morgan fingerprint density at radius 3 is 2.27 bits per heavy atom. The van der Waals surface area contributed by atoms with E-state index in [0.717, 1.165) is 16.9 Å². The van der Waals surface area contributed by atoms with Gasteiger partial charge in [0.25, 0.3) is 0 Å². The van der Waals surface area contributed by atoms with Gasteiger partial charge in [0.05, 0.1) is 11.1 Å². The van der Waals surface area contributed by atoms with E-state index in [9.17, 15) is 14.9 Å². The Labute approximate surface area is 180 Å². The normalized spacial score (nSPS) is 11.4. The summed E-state index contributed by atoms with van der Waals surface area (Å²) in [6.07, 6.45) is -0.0167. The third-order valence-electron chi connectivity index (χ3n) is 4.63. The maximum Gasteiger partial charge on any atom is 0.340 e. The van der Waals surface area contributed by atoms with Crippen molar-refractivity contribution in [3.63, 3.8) is 0 Å². The Morgan fingerprint density at radius 2 is 1.60 bits per heavy atom. The summed E-state index contributed by atoms with van der Waals surface area (Å²) in [5.74, 6) is -0.815. The van der Waals surface area contributed by atoms with Gasteiger partial charge in [0.15, 0.2) is 6.10 Å². The van der Waals surface area contributed by atoms with Crippen LogP contribution in [0.1, 0.15) is 45.7 Å². The van der Waals surface area contributed by atoms with Gasteiger partial charge in [-0.25, -0.2) is 4.79 Å². The van der Waals surface area contributed by atoms with Crippen molar-refractivity contribution in [2.45, 2.75) is 36.2 Å². The lowest BCUT2D eigenvalue weighted by Gasteiger charge is -2.14. The lowest BCUT2D eigenvalue weighted by molar-refractivity contribution is 0.0315. The van der Waals surface area contributed by atoms with Crippen molar-refractivity contribution in [2.24, 2.45) is 0 Å². The molecule has 4 nitrogen and oxygen atoms in total. The molecule has 0 aliphatic rings. The molecule has 3 aromatic carbocycles. The number of ketones is 1. The largest absolute Gasteiger partial charge is 0.451 e. The topological polar surface area (TPSA) is 67.2 Å². The van der Waals surface area contributed by atoms with E-state index < -0.39 is 12.1 Å². The number of aryl methyl sites for hydroxylation is 1. The number of ether oxygens (including phenoxy) is 1. The van der Waals surface area contributed by atoms with E-state index in [1.807, 2.05) is 37.3 Å². The highest BCUT2D eigenvalue weighted by Crippen LogP contribution is 2.33. The average molecular weight is 416 g/mol. The van der Waals surface area contributed by atoms with Crippen LogP contribution in [0.15, 0.2) is 82.6 Å². The summed E-state index contributed by atoms with van der Waals surface area (Å²) in [7, 11) is 0. The highest BCUT2D eigenvalue weighted by atomic mass is 32.2. The van der Waals surface area contributed by atoms with E-state index in [0.29, 0.717) is 21.6 Å². The molecule has 0 aliphatic heterocycles. The second kappa shape index (κ2) is 9.91. The number of esters is 1. The van der Waals surface area contributed by atoms with E-state index >= 15 is 0 Å². The summed E-state index contributed by atoms with van der Waals surface area (Å²) in [6.45, 7) is 3.63. The lowest BCUT2D eigenvalue weighted by Crippen LogP contribution is -2.24. The first kappa shape index (κ1) is 21.4. The SMILES string of the molecule is CCc1ccc(C(=O)C(C)OC(=O)c2ccccc2Sc2ccccc2C#N)cc1. The van der Waals surface area contributed by atoms with Crippen molar-refractivity contribution < 1.29 is 14.3 Å². The van der Waals surface area contributed by atoms with Gasteiger partial charge in [-0.15, -0.1) is 0 Å². The first-order valence-corrected chi connectivity index (χ1v) is 10.4. The zero-order valence-electron chi connectivity index (χ0n) is 16.8. The Hall–Kier alpha value is -3.36. The first-order chi connectivity index (χ1) is 14.5. The minimum Gasteiger partial charge on any atom is -0.451 e. The number of benzene rings is 3. The summed E-state index contributed by atoms with van der Waals surface area (Å²) < 4.78 is 5.48. The van der Waals surface area contributed by atoms with Gasteiger partial charge in [0.1, 0.15) is 6.07 Å². The Balaban J connectivity index is 1.77. The predicted molar refractivity (Wildman–Crippen MR) is 117 cm³/mol. The second-order valence-corrected chi connectivity index (χ2v) is 7.75. The summed E-state index contributed by atoms with van der Waals surface area (Å²) >= 11 is 1.32.